The number of amides is 2. The van der Waals surface area contributed by atoms with Crippen LogP contribution in [0.3, 0.4) is 0 Å². The van der Waals surface area contributed by atoms with Crippen LogP contribution >= 0.6 is 23.2 Å². The lowest BCUT2D eigenvalue weighted by molar-refractivity contribution is -0.139. The minimum absolute atomic E-state index is 0.000402. The third kappa shape index (κ3) is 5.43. The number of nitrogens with one attached hydrogen (secondary N) is 2. The van der Waals surface area contributed by atoms with Crippen molar-refractivity contribution in [1.29, 1.82) is 0 Å². The minimum atomic E-state index is -4.52. The Hall–Kier alpha value is -1.47. The van der Waals surface area contributed by atoms with Crippen LogP contribution in [0.25, 0.3) is 0 Å². The Morgan fingerprint density at radius 1 is 1.29 bits per heavy atom. The first-order valence-electron chi connectivity index (χ1n) is 5.71. The van der Waals surface area contributed by atoms with Gasteiger partial charge in [0.05, 0.1) is 15.6 Å². The summed E-state index contributed by atoms with van der Waals surface area (Å²) < 4.78 is 35.9. The van der Waals surface area contributed by atoms with Crippen LogP contribution < -0.4 is 10.6 Å². The molecule has 0 aliphatic carbocycles. The molecule has 1 atom stereocenters. The second-order valence-electron chi connectivity index (χ2n) is 4.13. The largest absolute Gasteiger partial charge is 0.405 e. The maximum atomic E-state index is 12.0. The molecule has 9 heteroatoms. The molecule has 0 aliphatic heterocycles. The molecule has 0 saturated heterocycles. The maximum absolute atomic E-state index is 12.0. The van der Waals surface area contributed by atoms with E-state index in [1.165, 1.54) is 25.1 Å². The van der Waals surface area contributed by atoms with Gasteiger partial charge < -0.3 is 10.6 Å². The minimum Gasteiger partial charge on any atom is -0.345 e. The Bertz CT molecular complexity index is 550. The van der Waals surface area contributed by atoms with Crippen molar-refractivity contribution in [2.24, 2.45) is 0 Å². The fourth-order valence-corrected chi connectivity index (χ4v) is 1.75. The van der Waals surface area contributed by atoms with Crippen molar-refractivity contribution in [2.75, 3.05) is 6.54 Å². The van der Waals surface area contributed by atoms with Gasteiger partial charge in [0, 0.05) is 0 Å². The van der Waals surface area contributed by atoms with Gasteiger partial charge in [0.15, 0.2) is 0 Å². The molecule has 0 spiro atoms. The number of halogens is 5. The van der Waals surface area contributed by atoms with Crippen molar-refractivity contribution < 1.29 is 22.8 Å². The highest BCUT2D eigenvalue weighted by molar-refractivity contribution is 6.43. The summed E-state index contributed by atoms with van der Waals surface area (Å²) in [6.45, 7) is -0.216. The van der Waals surface area contributed by atoms with Gasteiger partial charge in [0.25, 0.3) is 5.91 Å². The molecule has 0 radical (unpaired) electrons. The summed E-state index contributed by atoms with van der Waals surface area (Å²) in [6, 6.07) is 3.18. The van der Waals surface area contributed by atoms with Gasteiger partial charge in [-0.05, 0) is 19.1 Å². The first kappa shape index (κ1) is 17.6. The van der Waals surface area contributed by atoms with Crippen LogP contribution in [-0.2, 0) is 4.79 Å². The van der Waals surface area contributed by atoms with Crippen LogP contribution in [-0.4, -0.2) is 30.6 Å². The first-order valence-corrected chi connectivity index (χ1v) is 6.46. The number of alkyl halides is 3. The number of hydrogen-bond donors (Lipinski definition) is 2. The number of benzene rings is 1. The van der Waals surface area contributed by atoms with Crippen molar-refractivity contribution in [1.82, 2.24) is 10.6 Å². The number of carbonyl (C=O) groups excluding carboxylic acids is 2. The predicted molar refractivity (Wildman–Crippen MR) is 72.5 cm³/mol. The number of hydrogen-bond acceptors (Lipinski definition) is 2. The average molecular weight is 343 g/mol. The fourth-order valence-electron chi connectivity index (χ4n) is 1.36. The first-order chi connectivity index (χ1) is 9.61. The van der Waals surface area contributed by atoms with Crippen LogP contribution in [0.5, 0.6) is 0 Å². The second kappa shape index (κ2) is 7.00. The van der Waals surface area contributed by atoms with Crippen LogP contribution in [0.1, 0.15) is 17.3 Å². The van der Waals surface area contributed by atoms with Crippen molar-refractivity contribution in [3.8, 4) is 0 Å². The molecule has 0 heterocycles. The van der Waals surface area contributed by atoms with Gasteiger partial charge in [-0.25, -0.2) is 0 Å². The lowest BCUT2D eigenvalue weighted by atomic mass is 10.2. The SMILES string of the molecule is C[C@H](NC(=O)c1cccc(Cl)c1Cl)C(=O)NCC(F)(F)F. The highest BCUT2D eigenvalue weighted by Gasteiger charge is 2.29. The fraction of sp³-hybridized carbons (Fsp3) is 0.333. The van der Waals surface area contributed by atoms with E-state index in [1.54, 1.807) is 5.32 Å². The molecule has 1 rings (SSSR count). The summed E-state index contributed by atoms with van der Waals surface area (Å²) in [6.07, 6.45) is -4.52. The molecule has 1 aromatic carbocycles. The maximum Gasteiger partial charge on any atom is 0.405 e. The van der Waals surface area contributed by atoms with Gasteiger partial charge in [-0.1, -0.05) is 29.3 Å². The van der Waals surface area contributed by atoms with E-state index in [0.717, 1.165) is 0 Å². The van der Waals surface area contributed by atoms with Gasteiger partial charge in [-0.2, -0.15) is 13.2 Å². The van der Waals surface area contributed by atoms with Gasteiger partial charge in [0.2, 0.25) is 5.91 Å². The van der Waals surface area contributed by atoms with Crippen LogP contribution in [0, 0.1) is 0 Å². The normalized spacial score (nSPS) is 12.7. The Morgan fingerprint density at radius 2 is 1.90 bits per heavy atom. The molecule has 0 aliphatic rings. The summed E-state index contributed by atoms with van der Waals surface area (Å²) in [5, 5.41) is 4.06. The smallest absolute Gasteiger partial charge is 0.345 e. The predicted octanol–water partition coefficient (Wildman–Crippen LogP) is 2.79. The average Bonchev–Trinajstić information content (AvgIpc) is 2.38. The van der Waals surface area contributed by atoms with Crippen molar-refractivity contribution >= 4 is 35.0 Å². The standard InChI is InChI=1S/C12H11Cl2F3N2O2/c1-6(10(20)18-5-12(15,16)17)19-11(21)7-3-2-4-8(13)9(7)14/h2-4,6H,5H2,1H3,(H,18,20)(H,19,21)/t6-/m0/s1. The molecule has 0 bridgehead atoms. The van der Waals surface area contributed by atoms with Crippen molar-refractivity contribution in [3.05, 3.63) is 33.8 Å². The number of rotatable bonds is 4. The topological polar surface area (TPSA) is 58.2 Å². The quantitative estimate of drug-likeness (QED) is 0.883. The van der Waals surface area contributed by atoms with Crippen LogP contribution in [0.2, 0.25) is 10.0 Å². The zero-order chi connectivity index (χ0) is 16.2. The lowest BCUT2D eigenvalue weighted by Crippen LogP contribution is -2.47. The molecule has 21 heavy (non-hydrogen) atoms. The summed E-state index contributed by atoms with van der Waals surface area (Å²) in [5.41, 5.74) is 0.0274. The molecular weight excluding hydrogens is 332 g/mol. The zero-order valence-corrected chi connectivity index (χ0v) is 12.2. The van der Waals surface area contributed by atoms with Crippen molar-refractivity contribution in [3.63, 3.8) is 0 Å². The van der Waals surface area contributed by atoms with E-state index < -0.39 is 30.6 Å². The monoisotopic (exact) mass is 342 g/mol. The highest BCUT2D eigenvalue weighted by atomic mass is 35.5. The molecule has 2 amide bonds. The molecule has 0 aromatic heterocycles. The Balaban J connectivity index is 2.66. The molecule has 2 N–H and O–H groups in total. The number of carbonyl (C=O) groups is 2. The van der Waals surface area contributed by atoms with Gasteiger partial charge in [-0.15, -0.1) is 0 Å². The van der Waals surface area contributed by atoms with Gasteiger partial charge in [-0.3, -0.25) is 9.59 Å². The van der Waals surface area contributed by atoms with E-state index in [1.807, 2.05) is 0 Å². The molecule has 4 nitrogen and oxygen atoms in total. The molecular formula is C12H11Cl2F3N2O2. The van der Waals surface area contributed by atoms with E-state index >= 15 is 0 Å². The molecule has 0 fully saturated rings. The summed E-state index contributed by atoms with van der Waals surface area (Å²) >= 11 is 11.6. The molecule has 1 aromatic rings. The van der Waals surface area contributed by atoms with E-state index in [2.05, 4.69) is 5.32 Å². The highest BCUT2D eigenvalue weighted by Crippen LogP contribution is 2.25. The van der Waals surface area contributed by atoms with Gasteiger partial charge in [0.1, 0.15) is 12.6 Å². The summed E-state index contributed by atoms with van der Waals surface area (Å²) in [4.78, 5) is 23.3. The molecule has 116 valence electrons. The summed E-state index contributed by atoms with van der Waals surface area (Å²) in [7, 11) is 0. The second-order valence-corrected chi connectivity index (χ2v) is 4.91. The Morgan fingerprint density at radius 3 is 2.48 bits per heavy atom. The Kier molecular flexibility index (Phi) is 5.86. The van der Waals surface area contributed by atoms with Crippen molar-refractivity contribution in [2.45, 2.75) is 19.1 Å². The lowest BCUT2D eigenvalue weighted by Gasteiger charge is -2.15. The van der Waals surface area contributed by atoms with Gasteiger partial charge >= 0.3 is 6.18 Å². The zero-order valence-electron chi connectivity index (χ0n) is 10.7. The van der Waals surface area contributed by atoms with E-state index in [-0.39, 0.29) is 15.6 Å². The third-order valence-corrected chi connectivity index (χ3v) is 3.22. The summed E-state index contributed by atoms with van der Waals surface area (Å²) in [5.74, 6) is -1.67. The van der Waals surface area contributed by atoms with E-state index in [9.17, 15) is 22.8 Å². The third-order valence-electron chi connectivity index (χ3n) is 2.40. The molecule has 0 saturated carbocycles. The Labute approximate surface area is 128 Å². The van der Waals surface area contributed by atoms with E-state index in [0.29, 0.717) is 0 Å². The van der Waals surface area contributed by atoms with Crippen LogP contribution in [0.4, 0.5) is 13.2 Å². The molecule has 0 unspecified atom stereocenters. The van der Waals surface area contributed by atoms with E-state index in [4.69, 9.17) is 23.2 Å². The van der Waals surface area contributed by atoms with Crippen LogP contribution in [0.15, 0.2) is 18.2 Å².